The number of hydrogen-bond acceptors (Lipinski definition) is 4. The van der Waals surface area contributed by atoms with Gasteiger partial charge in [-0.2, -0.15) is 0 Å². The van der Waals surface area contributed by atoms with Crippen LogP contribution in [0.5, 0.6) is 5.88 Å². The van der Waals surface area contributed by atoms with E-state index in [1.165, 1.54) is 6.07 Å². The Morgan fingerprint density at radius 1 is 1.60 bits per heavy atom. The Morgan fingerprint density at radius 3 is 3.35 bits per heavy atom. The molecule has 0 radical (unpaired) electrons. The summed E-state index contributed by atoms with van der Waals surface area (Å²) < 4.78 is 25.2. The molecule has 2 saturated heterocycles. The lowest BCUT2D eigenvalue weighted by Crippen LogP contribution is -2.56. The SMILES string of the molecule is CN1CC[C@@H]2OCCC[C@]2(COc2ncccc2F)C1. The first kappa shape index (κ1) is 13.8. The first-order chi connectivity index (χ1) is 9.70. The third kappa shape index (κ3) is 2.65. The Hall–Kier alpha value is -1.20. The van der Waals surface area contributed by atoms with E-state index in [1.807, 2.05) is 0 Å². The summed E-state index contributed by atoms with van der Waals surface area (Å²) in [6.45, 7) is 3.28. The molecule has 5 heteroatoms. The molecule has 2 aliphatic heterocycles. The first-order valence-electron chi connectivity index (χ1n) is 7.23. The first-order valence-corrected chi connectivity index (χ1v) is 7.23. The number of ether oxygens (including phenoxy) is 2. The number of aromatic nitrogens is 1. The van der Waals surface area contributed by atoms with E-state index in [4.69, 9.17) is 9.47 Å². The summed E-state index contributed by atoms with van der Waals surface area (Å²) >= 11 is 0. The van der Waals surface area contributed by atoms with Crippen LogP contribution in [-0.4, -0.2) is 49.3 Å². The average molecular weight is 280 g/mol. The predicted octanol–water partition coefficient (Wildman–Crippen LogP) is 2.10. The molecule has 110 valence electrons. The summed E-state index contributed by atoms with van der Waals surface area (Å²) in [5.74, 6) is -0.305. The number of nitrogens with zero attached hydrogens (tertiary/aromatic N) is 2. The van der Waals surface area contributed by atoms with Crippen molar-refractivity contribution in [2.24, 2.45) is 5.41 Å². The van der Waals surface area contributed by atoms with E-state index in [2.05, 4.69) is 16.9 Å². The van der Waals surface area contributed by atoms with Crippen LogP contribution in [0.25, 0.3) is 0 Å². The molecule has 4 nitrogen and oxygen atoms in total. The van der Waals surface area contributed by atoms with Gasteiger partial charge in [0.2, 0.25) is 5.88 Å². The molecule has 0 saturated carbocycles. The number of likely N-dealkylation sites (tertiary alicyclic amines) is 1. The molecule has 0 unspecified atom stereocenters. The Kier molecular flexibility index (Phi) is 3.89. The average Bonchev–Trinajstić information content (AvgIpc) is 2.46. The van der Waals surface area contributed by atoms with Gasteiger partial charge < -0.3 is 14.4 Å². The van der Waals surface area contributed by atoms with Crippen molar-refractivity contribution in [3.05, 3.63) is 24.1 Å². The van der Waals surface area contributed by atoms with E-state index in [0.717, 1.165) is 39.0 Å². The van der Waals surface area contributed by atoms with Crippen molar-refractivity contribution >= 4 is 0 Å². The van der Waals surface area contributed by atoms with E-state index in [9.17, 15) is 4.39 Å². The van der Waals surface area contributed by atoms with Crippen LogP contribution < -0.4 is 4.74 Å². The molecule has 1 aromatic rings. The second kappa shape index (κ2) is 5.66. The lowest BCUT2D eigenvalue weighted by atomic mass is 9.73. The molecule has 3 heterocycles. The highest BCUT2D eigenvalue weighted by molar-refractivity contribution is 5.13. The molecule has 0 N–H and O–H groups in total. The highest BCUT2D eigenvalue weighted by atomic mass is 19.1. The Balaban J connectivity index is 1.74. The summed E-state index contributed by atoms with van der Waals surface area (Å²) in [5, 5.41) is 0. The zero-order valence-corrected chi connectivity index (χ0v) is 11.8. The topological polar surface area (TPSA) is 34.6 Å². The van der Waals surface area contributed by atoms with Crippen LogP contribution >= 0.6 is 0 Å². The number of piperidine rings is 1. The molecule has 0 spiro atoms. The van der Waals surface area contributed by atoms with Crippen molar-refractivity contribution in [1.82, 2.24) is 9.88 Å². The van der Waals surface area contributed by atoms with Crippen LogP contribution in [-0.2, 0) is 4.74 Å². The molecule has 0 amide bonds. The van der Waals surface area contributed by atoms with E-state index < -0.39 is 5.82 Å². The molecule has 0 aromatic carbocycles. The number of pyridine rings is 1. The minimum Gasteiger partial charge on any atom is -0.475 e. The second-order valence-corrected chi connectivity index (χ2v) is 5.93. The summed E-state index contributed by atoms with van der Waals surface area (Å²) in [5.41, 5.74) is -0.0325. The van der Waals surface area contributed by atoms with Crippen molar-refractivity contribution < 1.29 is 13.9 Å². The molecular weight excluding hydrogens is 259 g/mol. The van der Waals surface area contributed by atoms with E-state index in [0.29, 0.717) is 6.61 Å². The lowest BCUT2D eigenvalue weighted by Gasteiger charge is -2.49. The number of halogens is 1. The van der Waals surface area contributed by atoms with Gasteiger partial charge in [0.05, 0.1) is 12.7 Å². The van der Waals surface area contributed by atoms with Crippen molar-refractivity contribution in [1.29, 1.82) is 0 Å². The highest BCUT2D eigenvalue weighted by Gasteiger charge is 2.46. The summed E-state index contributed by atoms with van der Waals surface area (Å²) in [7, 11) is 2.12. The maximum Gasteiger partial charge on any atom is 0.250 e. The molecule has 2 fully saturated rings. The van der Waals surface area contributed by atoms with E-state index in [-0.39, 0.29) is 17.4 Å². The largest absolute Gasteiger partial charge is 0.475 e. The third-order valence-corrected chi connectivity index (χ3v) is 4.40. The van der Waals surface area contributed by atoms with Crippen LogP contribution in [0.1, 0.15) is 19.3 Å². The molecular formula is C15H21FN2O2. The van der Waals surface area contributed by atoms with Crippen LogP contribution in [0, 0.1) is 11.2 Å². The molecule has 2 aliphatic rings. The molecule has 20 heavy (non-hydrogen) atoms. The van der Waals surface area contributed by atoms with Gasteiger partial charge in [-0.3, -0.25) is 0 Å². The molecule has 0 aliphatic carbocycles. The van der Waals surface area contributed by atoms with Crippen LogP contribution in [0.3, 0.4) is 0 Å². The van der Waals surface area contributed by atoms with Gasteiger partial charge >= 0.3 is 0 Å². The normalized spacial score (nSPS) is 30.8. The van der Waals surface area contributed by atoms with Crippen LogP contribution in [0.15, 0.2) is 18.3 Å². The fraction of sp³-hybridized carbons (Fsp3) is 0.667. The second-order valence-electron chi connectivity index (χ2n) is 5.93. The van der Waals surface area contributed by atoms with Crippen LogP contribution in [0.2, 0.25) is 0 Å². The van der Waals surface area contributed by atoms with Gasteiger partial charge in [-0.25, -0.2) is 9.37 Å². The lowest BCUT2D eigenvalue weighted by molar-refractivity contribution is -0.136. The minimum atomic E-state index is -0.402. The van der Waals surface area contributed by atoms with Gasteiger partial charge in [-0.15, -0.1) is 0 Å². The zero-order chi connectivity index (χ0) is 14.0. The Morgan fingerprint density at radius 2 is 2.50 bits per heavy atom. The monoisotopic (exact) mass is 280 g/mol. The zero-order valence-electron chi connectivity index (χ0n) is 11.8. The maximum absolute atomic E-state index is 13.6. The van der Waals surface area contributed by atoms with Gasteiger partial charge in [-0.05, 0) is 38.4 Å². The predicted molar refractivity (Wildman–Crippen MR) is 73.2 cm³/mol. The smallest absolute Gasteiger partial charge is 0.250 e. The molecule has 1 aromatic heterocycles. The quantitative estimate of drug-likeness (QED) is 0.849. The molecule has 0 bridgehead atoms. The van der Waals surface area contributed by atoms with Crippen molar-refractivity contribution in [3.63, 3.8) is 0 Å². The van der Waals surface area contributed by atoms with Gasteiger partial charge in [0.25, 0.3) is 0 Å². The van der Waals surface area contributed by atoms with Crippen molar-refractivity contribution in [2.75, 3.05) is 33.4 Å². The van der Waals surface area contributed by atoms with Crippen molar-refractivity contribution in [3.8, 4) is 5.88 Å². The van der Waals surface area contributed by atoms with E-state index in [1.54, 1.807) is 12.3 Å². The number of rotatable bonds is 3. The molecule has 2 atom stereocenters. The van der Waals surface area contributed by atoms with Gasteiger partial charge in [0.15, 0.2) is 5.82 Å². The van der Waals surface area contributed by atoms with Gasteiger partial charge in [0, 0.05) is 31.3 Å². The van der Waals surface area contributed by atoms with Crippen LogP contribution in [0.4, 0.5) is 4.39 Å². The fourth-order valence-electron chi connectivity index (χ4n) is 3.41. The molecule has 3 rings (SSSR count). The Bertz CT molecular complexity index is 471. The fourth-order valence-corrected chi connectivity index (χ4v) is 3.41. The maximum atomic E-state index is 13.6. The van der Waals surface area contributed by atoms with Crippen molar-refractivity contribution in [2.45, 2.75) is 25.4 Å². The highest BCUT2D eigenvalue weighted by Crippen LogP contribution is 2.40. The standard InChI is InChI=1S/C15H21FN2O2/c1-18-8-5-13-15(10-18,6-3-9-19-13)11-20-14-12(16)4-2-7-17-14/h2,4,7,13H,3,5-6,8-11H2,1H3/t13-,15+/m0/s1. The van der Waals surface area contributed by atoms with E-state index >= 15 is 0 Å². The van der Waals surface area contributed by atoms with Gasteiger partial charge in [-0.1, -0.05) is 0 Å². The Labute approximate surface area is 118 Å². The third-order valence-electron chi connectivity index (χ3n) is 4.40. The summed E-state index contributed by atoms with van der Waals surface area (Å²) in [6.07, 6.45) is 4.90. The number of fused-ring (bicyclic) bond motifs is 1. The summed E-state index contributed by atoms with van der Waals surface area (Å²) in [4.78, 5) is 6.27. The number of hydrogen-bond donors (Lipinski definition) is 0. The minimum absolute atomic E-state index is 0.0325. The van der Waals surface area contributed by atoms with Gasteiger partial charge in [0.1, 0.15) is 0 Å². The summed E-state index contributed by atoms with van der Waals surface area (Å²) in [6, 6.07) is 2.95.